The van der Waals surface area contributed by atoms with Gasteiger partial charge in [0.2, 0.25) is 0 Å². The van der Waals surface area contributed by atoms with E-state index in [1.165, 1.54) is 35.0 Å². The first-order valence-corrected chi connectivity index (χ1v) is 25.7. The second kappa shape index (κ2) is 28.0. The first-order valence-electron chi connectivity index (χ1n) is 25.7. The molecular weight excluding hydrogens is 937 g/mol. The van der Waals surface area contributed by atoms with Crippen molar-refractivity contribution in [3.63, 3.8) is 0 Å². The van der Waals surface area contributed by atoms with Gasteiger partial charge in [-0.15, -0.1) is 0 Å². The molecule has 3 rings (SSSR count). The summed E-state index contributed by atoms with van der Waals surface area (Å²) >= 11 is 0. The van der Waals surface area contributed by atoms with Gasteiger partial charge in [-0.25, -0.2) is 14.4 Å². The highest BCUT2D eigenvalue weighted by Crippen LogP contribution is 2.27. The van der Waals surface area contributed by atoms with Crippen molar-refractivity contribution in [3.05, 3.63) is 65.7 Å². The smallest absolute Gasteiger partial charge is 0.329 e. The Morgan fingerprint density at radius 3 is 1.40 bits per heavy atom. The van der Waals surface area contributed by atoms with Crippen LogP contribution in [0.3, 0.4) is 0 Å². The first kappa shape index (κ1) is 61.5. The van der Waals surface area contributed by atoms with Crippen LogP contribution in [0.5, 0.6) is 5.75 Å². The topological polar surface area (TPSA) is 196 Å². The monoisotopic (exact) mass is 1020 g/mol. The van der Waals surface area contributed by atoms with Crippen molar-refractivity contribution < 1.29 is 62.0 Å². The van der Waals surface area contributed by atoms with Crippen molar-refractivity contribution in [3.8, 4) is 5.75 Å². The fourth-order valence-electron chi connectivity index (χ4n) is 8.91. The average Bonchev–Trinajstić information content (AvgIpc) is 3.31. The fourth-order valence-corrected chi connectivity index (χ4v) is 8.91. The molecule has 0 aromatic heterocycles. The maximum absolute atomic E-state index is 14.8. The highest BCUT2D eigenvalue weighted by Gasteiger charge is 2.45. The molecule has 0 spiro atoms. The number of aldehydes is 1. The number of hydrogen-bond donors (Lipinski definition) is 0. The van der Waals surface area contributed by atoms with Gasteiger partial charge in [0.1, 0.15) is 29.9 Å². The number of cyclic esters (lactones) is 4. The van der Waals surface area contributed by atoms with Crippen LogP contribution in [0, 0.1) is 23.7 Å². The maximum atomic E-state index is 14.8. The van der Waals surface area contributed by atoms with E-state index in [1.807, 2.05) is 69.2 Å². The zero-order chi connectivity index (χ0) is 55.1. The van der Waals surface area contributed by atoms with Gasteiger partial charge in [-0.05, 0) is 107 Å². The number of nitrogens with zero attached hydrogens (tertiary/aromatic N) is 4. The molecule has 0 unspecified atom stereocenters. The lowest BCUT2D eigenvalue weighted by molar-refractivity contribution is -0.178. The quantitative estimate of drug-likeness (QED) is 0.107. The number of likely N-dealkylation sites (N-methyl/N-ethyl adjacent to an activating group) is 4. The number of carbonyl (C=O) groups excluding carboxylic acids is 8. The Balaban J connectivity index is 2.28. The standard InChI is InChI=1S/C56H84N4O13/c1-34(2)26-44-52(65)70-39(11)49(62)58(14)46(28-36(5)6)54(67)72-48(30-41-22-24-43(25-23-41)69-38(9)10)51(64)60(16)45(27-35(3)4)53(66)71-40(12)50(63)59(15)47(29-37(7)8)55(68)73-56(33-61,32-57(44)13)31-42-20-18-17-19-21-42/h17-25,33-40,44-48H,26-32H2,1-16H3/t39-,40-,44+,45+,46+,47+,48-,56+/m1/s1. The van der Waals surface area contributed by atoms with E-state index in [2.05, 4.69) is 0 Å². The van der Waals surface area contributed by atoms with Crippen LogP contribution >= 0.6 is 0 Å². The molecular formula is C56H84N4O13. The minimum atomic E-state index is -1.91. The van der Waals surface area contributed by atoms with Crippen LogP contribution in [0.15, 0.2) is 54.6 Å². The van der Waals surface area contributed by atoms with E-state index < -0.39 is 89.7 Å². The highest BCUT2D eigenvalue weighted by molar-refractivity contribution is 5.93. The highest BCUT2D eigenvalue weighted by atomic mass is 16.6. The number of benzene rings is 2. The van der Waals surface area contributed by atoms with Crippen molar-refractivity contribution in [2.75, 3.05) is 34.7 Å². The maximum Gasteiger partial charge on any atom is 0.329 e. The molecule has 2 aromatic carbocycles. The average molecular weight is 1020 g/mol. The summed E-state index contributed by atoms with van der Waals surface area (Å²) in [6, 6.07) is 11.0. The van der Waals surface area contributed by atoms with Crippen LogP contribution in [0.2, 0.25) is 0 Å². The summed E-state index contributed by atoms with van der Waals surface area (Å²) in [4.78, 5) is 120. The Labute approximate surface area is 433 Å². The largest absolute Gasteiger partial charge is 0.491 e. The Hall–Kier alpha value is -5.84. The summed E-state index contributed by atoms with van der Waals surface area (Å²) in [5.74, 6) is -5.75. The Morgan fingerprint density at radius 2 is 0.959 bits per heavy atom. The minimum Gasteiger partial charge on any atom is -0.491 e. The van der Waals surface area contributed by atoms with Gasteiger partial charge in [0.15, 0.2) is 30.2 Å². The molecule has 17 heteroatoms. The van der Waals surface area contributed by atoms with Crippen molar-refractivity contribution >= 4 is 47.9 Å². The summed E-state index contributed by atoms with van der Waals surface area (Å²) in [6.07, 6.45) is -3.71. The summed E-state index contributed by atoms with van der Waals surface area (Å²) in [7, 11) is 5.77. The normalized spacial score (nSPS) is 25.5. The zero-order valence-corrected chi connectivity index (χ0v) is 46.2. The first-order chi connectivity index (χ1) is 34.1. The molecule has 1 fully saturated rings. The molecule has 0 bridgehead atoms. The third kappa shape index (κ3) is 18.3. The van der Waals surface area contributed by atoms with Crippen molar-refractivity contribution in [1.29, 1.82) is 0 Å². The molecule has 0 aliphatic carbocycles. The van der Waals surface area contributed by atoms with Gasteiger partial charge in [-0.1, -0.05) is 97.9 Å². The Morgan fingerprint density at radius 1 is 0.548 bits per heavy atom. The Bertz CT molecular complexity index is 2160. The van der Waals surface area contributed by atoms with Crippen LogP contribution in [0.4, 0.5) is 0 Å². The predicted molar refractivity (Wildman–Crippen MR) is 276 cm³/mol. The van der Waals surface area contributed by atoms with Crippen LogP contribution in [-0.4, -0.2) is 156 Å². The van der Waals surface area contributed by atoms with E-state index >= 15 is 0 Å². The summed E-state index contributed by atoms with van der Waals surface area (Å²) in [6.45, 7) is 21.2. The Kier molecular flexibility index (Phi) is 23.6. The SMILES string of the molecule is CC(C)C[C@H]1C(=O)O[C@H](C)C(=O)N(C)[C@@H](CC(C)C)C(=O)O[C@H](Cc2ccc(OC(C)C)cc2)C(=O)N(C)[C@@H](CC(C)C)C(=O)O[C@H](C)C(=O)N(C)[C@@H](CC(C)C)C(=O)O[C@@](C=O)(Cc2ccccc2)CN1C. The fraction of sp³-hybridized carbons (Fsp3) is 0.643. The molecule has 1 aliphatic rings. The molecule has 8 atom stereocenters. The van der Waals surface area contributed by atoms with E-state index in [0.717, 1.165) is 14.7 Å². The summed E-state index contributed by atoms with van der Waals surface area (Å²) < 4.78 is 30.0. The molecule has 73 heavy (non-hydrogen) atoms. The number of rotatable bonds is 15. The van der Waals surface area contributed by atoms with Gasteiger partial charge in [-0.3, -0.25) is 28.9 Å². The van der Waals surface area contributed by atoms with Gasteiger partial charge >= 0.3 is 23.9 Å². The molecule has 0 N–H and O–H groups in total. The summed E-state index contributed by atoms with van der Waals surface area (Å²) in [5.41, 5.74) is -0.671. The number of ether oxygens (including phenoxy) is 5. The molecule has 0 radical (unpaired) electrons. The molecule has 2 aromatic rings. The van der Waals surface area contributed by atoms with E-state index in [4.69, 9.17) is 23.7 Å². The van der Waals surface area contributed by atoms with Crippen LogP contribution in [-0.2, 0) is 70.1 Å². The zero-order valence-electron chi connectivity index (χ0n) is 46.2. The van der Waals surface area contributed by atoms with Gasteiger partial charge in [0, 0.05) is 40.5 Å². The van der Waals surface area contributed by atoms with E-state index in [-0.39, 0.29) is 74.8 Å². The van der Waals surface area contributed by atoms with Crippen molar-refractivity contribution in [1.82, 2.24) is 19.6 Å². The van der Waals surface area contributed by atoms with Crippen LogP contribution < -0.4 is 4.74 Å². The minimum absolute atomic E-state index is 0.0908. The van der Waals surface area contributed by atoms with Gasteiger partial charge in [-0.2, -0.15) is 0 Å². The lowest BCUT2D eigenvalue weighted by atomic mass is 9.93. The van der Waals surface area contributed by atoms with Crippen molar-refractivity contribution in [2.45, 2.75) is 176 Å². The molecule has 1 heterocycles. The number of amides is 3. The lowest BCUT2D eigenvalue weighted by Crippen LogP contribution is -2.57. The van der Waals surface area contributed by atoms with Gasteiger partial charge in [0.05, 0.1) is 6.10 Å². The van der Waals surface area contributed by atoms with E-state index in [0.29, 0.717) is 23.2 Å². The molecule has 0 saturated carbocycles. The number of carbonyl (C=O) groups is 8. The lowest BCUT2D eigenvalue weighted by Gasteiger charge is -2.38. The van der Waals surface area contributed by atoms with Gasteiger partial charge < -0.3 is 38.4 Å². The third-order valence-electron chi connectivity index (χ3n) is 12.8. The van der Waals surface area contributed by atoms with E-state index in [9.17, 15) is 38.4 Å². The van der Waals surface area contributed by atoms with Crippen molar-refractivity contribution in [2.24, 2.45) is 23.7 Å². The third-order valence-corrected chi connectivity index (χ3v) is 12.8. The second-order valence-electron chi connectivity index (χ2n) is 21.7. The molecule has 1 saturated heterocycles. The van der Waals surface area contributed by atoms with Gasteiger partial charge in [0.25, 0.3) is 17.7 Å². The summed E-state index contributed by atoms with van der Waals surface area (Å²) in [5, 5.41) is 0. The van der Waals surface area contributed by atoms with Crippen LogP contribution in [0.1, 0.15) is 120 Å². The molecule has 406 valence electrons. The molecule has 1 aliphatic heterocycles. The van der Waals surface area contributed by atoms with E-state index in [1.54, 1.807) is 66.5 Å². The molecule has 3 amide bonds. The predicted octanol–water partition coefficient (Wildman–Crippen LogP) is 6.49. The number of hydrogen-bond acceptors (Lipinski definition) is 14. The van der Waals surface area contributed by atoms with Crippen LogP contribution in [0.25, 0.3) is 0 Å². The number of esters is 4. The molecule has 17 nitrogen and oxygen atoms in total. The second-order valence-corrected chi connectivity index (χ2v) is 21.7.